The quantitative estimate of drug-likeness (QED) is 0.440. The number of anilines is 1. The summed E-state index contributed by atoms with van der Waals surface area (Å²) < 4.78 is 10.7. The second-order valence-corrected chi connectivity index (χ2v) is 9.33. The highest BCUT2D eigenvalue weighted by molar-refractivity contribution is 6.06. The first-order valence-corrected chi connectivity index (χ1v) is 11.2. The van der Waals surface area contributed by atoms with Crippen LogP contribution in [0.3, 0.4) is 0 Å². The van der Waals surface area contributed by atoms with Crippen LogP contribution in [0.5, 0.6) is 11.5 Å². The molecule has 1 atom stereocenters. The molecule has 0 saturated heterocycles. The van der Waals surface area contributed by atoms with Crippen molar-refractivity contribution >= 4 is 17.7 Å². The number of hydrogen-bond donors (Lipinski definition) is 0. The smallest absolute Gasteiger partial charge is 0.251 e. The third-order valence-corrected chi connectivity index (χ3v) is 6.59. The van der Waals surface area contributed by atoms with Gasteiger partial charge in [-0.25, -0.2) is 0 Å². The van der Waals surface area contributed by atoms with E-state index in [1.54, 1.807) is 20.3 Å². The van der Waals surface area contributed by atoms with E-state index in [1.165, 1.54) is 11.1 Å². The Kier molecular flexibility index (Phi) is 6.03. The van der Waals surface area contributed by atoms with Gasteiger partial charge >= 0.3 is 0 Å². The van der Waals surface area contributed by atoms with Crippen molar-refractivity contribution in [2.75, 3.05) is 19.1 Å². The van der Waals surface area contributed by atoms with Crippen LogP contribution in [0.4, 0.5) is 5.69 Å². The van der Waals surface area contributed by atoms with Crippen molar-refractivity contribution in [1.82, 2.24) is 0 Å². The van der Waals surface area contributed by atoms with Crippen molar-refractivity contribution < 1.29 is 14.3 Å². The minimum Gasteiger partial charge on any atom is -0.493 e. The fraction of sp³-hybridized carbons (Fsp3) is 0.276. The molecule has 0 saturated carbocycles. The summed E-state index contributed by atoms with van der Waals surface area (Å²) in [5.74, 6) is 1.25. The zero-order chi connectivity index (χ0) is 23.6. The lowest BCUT2D eigenvalue weighted by atomic mass is 9.65. The average molecular weight is 442 g/mol. The Morgan fingerprint density at radius 3 is 2.24 bits per heavy atom. The fourth-order valence-electron chi connectivity index (χ4n) is 5.18. The standard InChI is InChI=1S/C29H31NO3/c1-28(2)20-29(3,22-11-7-6-8-12-22)23-13-9-10-14-24(23)30(28)27(31)18-16-21-15-17-25(32-4)26(19-21)33-5/h6-19H,20H2,1-5H3/b18-16-/t29-/m1/s1. The number of methoxy groups -OCH3 is 2. The molecule has 0 aliphatic carbocycles. The van der Waals surface area contributed by atoms with E-state index in [0.29, 0.717) is 11.5 Å². The summed E-state index contributed by atoms with van der Waals surface area (Å²) >= 11 is 0. The lowest BCUT2D eigenvalue weighted by Gasteiger charge is -2.51. The Morgan fingerprint density at radius 1 is 0.879 bits per heavy atom. The van der Waals surface area contributed by atoms with Gasteiger partial charge in [0, 0.05) is 22.7 Å². The van der Waals surface area contributed by atoms with E-state index in [1.807, 2.05) is 41.3 Å². The van der Waals surface area contributed by atoms with Gasteiger partial charge < -0.3 is 14.4 Å². The number of nitrogens with zero attached hydrogens (tertiary/aromatic N) is 1. The van der Waals surface area contributed by atoms with Crippen LogP contribution in [-0.4, -0.2) is 25.7 Å². The Hall–Kier alpha value is -3.53. The SMILES string of the molecule is COc1ccc(/C=C\C(=O)N2c3ccccc3[C@@](C)(c3ccccc3)CC2(C)C)cc1OC. The van der Waals surface area contributed by atoms with Gasteiger partial charge in [0.05, 0.1) is 14.2 Å². The van der Waals surface area contributed by atoms with Gasteiger partial charge in [0.15, 0.2) is 11.5 Å². The van der Waals surface area contributed by atoms with Gasteiger partial charge in [-0.2, -0.15) is 0 Å². The second-order valence-electron chi connectivity index (χ2n) is 9.33. The Labute approximate surface area is 196 Å². The molecule has 4 heteroatoms. The van der Waals surface area contributed by atoms with Crippen LogP contribution >= 0.6 is 0 Å². The monoisotopic (exact) mass is 441 g/mol. The molecule has 4 nitrogen and oxygen atoms in total. The minimum atomic E-state index is -0.377. The molecule has 1 aliphatic heterocycles. The summed E-state index contributed by atoms with van der Waals surface area (Å²) in [6.45, 7) is 6.57. The molecule has 0 radical (unpaired) electrons. The molecule has 1 amide bonds. The van der Waals surface area contributed by atoms with E-state index in [4.69, 9.17) is 9.47 Å². The molecule has 1 aliphatic rings. The molecule has 3 aromatic rings. The van der Waals surface area contributed by atoms with Crippen LogP contribution in [0.2, 0.25) is 0 Å². The van der Waals surface area contributed by atoms with Gasteiger partial charge in [-0.3, -0.25) is 4.79 Å². The van der Waals surface area contributed by atoms with Gasteiger partial charge in [0.25, 0.3) is 5.91 Å². The van der Waals surface area contributed by atoms with Crippen molar-refractivity contribution in [3.63, 3.8) is 0 Å². The third-order valence-electron chi connectivity index (χ3n) is 6.59. The van der Waals surface area contributed by atoms with Gasteiger partial charge in [-0.1, -0.05) is 61.5 Å². The van der Waals surface area contributed by atoms with Crippen molar-refractivity contribution in [1.29, 1.82) is 0 Å². The Balaban J connectivity index is 1.72. The van der Waals surface area contributed by atoms with E-state index in [0.717, 1.165) is 17.7 Å². The second kappa shape index (κ2) is 8.78. The summed E-state index contributed by atoms with van der Waals surface area (Å²) in [5, 5.41) is 0. The maximum absolute atomic E-state index is 13.6. The maximum Gasteiger partial charge on any atom is 0.251 e. The number of carbonyl (C=O) groups is 1. The molecule has 0 bridgehead atoms. The van der Waals surface area contributed by atoms with Crippen molar-refractivity contribution in [3.8, 4) is 11.5 Å². The number of carbonyl (C=O) groups excluding carboxylic acids is 1. The zero-order valence-electron chi connectivity index (χ0n) is 20.0. The van der Waals surface area contributed by atoms with E-state index in [-0.39, 0.29) is 16.9 Å². The summed E-state index contributed by atoms with van der Waals surface area (Å²) in [6.07, 6.45) is 4.29. The van der Waals surface area contributed by atoms with Crippen molar-refractivity contribution in [2.45, 2.75) is 38.1 Å². The summed E-state index contributed by atoms with van der Waals surface area (Å²) in [4.78, 5) is 15.5. The Morgan fingerprint density at radius 2 is 1.55 bits per heavy atom. The van der Waals surface area contributed by atoms with Crippen LogP contribution in [-0.2, 0) is 10.2 Å². The first kappa shape index (κ1) is 22.7. The summed E-state index contributed by atoms with van der Waals surface area (Å²) in [5.41, 5.74) is 3.70. The van der Waals surface area contributed by atoms with Crippen molar-refractivity contribution in [3.05, 3.63) is 95.6 Å². The molecular weight excluding hydrogens is 410 g/mol. The fourth-order valence-corrected chi connectivity index (χ4v) is 5.18. The number of para-hydroxylation sites is 1. The normalized spacial score (nSPS) is 19.2. The molecule has 0 spiro atoms. The largest absolute Gasteiger partial charge is 0.493 e. The van der Waals surface area contributed by atoms with Gasteiger partial charge in [0.1, 0.15) is 0 Å². The van der Waals surface area contributed by atoms with Gasteiger partial charge in [-0.05, 0) is 61.2 Å². The van der Waals surface area contributed by atoms with Crippen LogP contribution in [0.1, 0.15) is 43.9 Å². The molecule has 4 rings (SSSR count). The molecule has 33 heavy (non-hydrogen) atoms. The number of hydrogen-bond acceptors (Lipinski definition) is 3. The molecule has 0 unspecified atom stereocenters. The summed E-state index contributed by atoms with van der Waals surface area (Å²) in [6, 6.07) is 24.5. The highest BCUT2D eigenvalue weighted by Crippen LogP contribution is 2.50. The van der Waals surface area contributed by atoms with Crippen molar-refractivity contribution in [2.24, 2.45) is 0 Å². The van der Waals surface area contributed by atoms with Gasteiger partial charge in [0.2, 0.25) is 0 Å². The zero-order valence-corrected chi connectivity index (χ0v) is 20.0. The lowest BCUT2D eigenvalue weighted by molar-refractivity contribution is -0.115. The highest BCUT2D eigenvalue weighted by Gasteiger charge is 2.47. The molecule has 0 fully saturated rings. The first-order chi connectivity index (χ1) is 15.8. The van der Waals surface area contributed by atoms with Crippen LogP contribution in [0.15, 0.2) is 78.9 Å². The van der Waals surface area contributed by atoms with Crippen LogP contribution < -0.4 is 14.4 Å². The predicted octanol–water partition coefficient (Wildman–Crippen LogP) is 6.24. The summed E-state index contributed by atoms with van der Waals surface area (Å²) in [7, 11) is 3.21. The lowest BCUT2D eigenvalue weighted by Crippen LogP contribution is -2.55. The molecular formula is C29H31NO3. The Bertz CT molecular complexity index is 1180. The van der Waals surface area contributed by atoms with E-state index < -0.39 is 0 Å². The predicted molar refractivity (Wildman–Crippen MR) is 134 cm³/mol. The number of fused-ring (bicyclic) bond motifs is 1. The van der Waals surface area contributed by atoms with E-state index in [9.17, 15) is 4.79 Å². The van der Waals surface area contributed by atoms with Gasteiger partial charge in [-0.15, -0.1) is 0 Å². The topological polar surface area (TPSA) is 38.8 Å². The van der Waals surface area contributed by atoms with E-state index in [2.05, 4.69) is 63.2 Å². The number of amides is 1. The van der Waals surface area contributed by atoms with Crippen LogP contribution in [0, 0.1) is 0 Å². The number of benzene rings is 3. The number of rotatable bonds is 5. The molecule has 0 N–H and O–H groups in total. The third kappa shape index (κ3) is 4.13. The average Bonchev–Trinajstić information content (AvgIpc) is 2.82. The molecule has 170 valence electrons. The van der Waals surface area contributed by atoms with E-state index >= 15 is 0 Å². The molecule has 3 aromatic carbocycles. The molecule has 0 aromatic heterocycles. The molecule has 1 heterocycles. The first-order valence-electron chi connectivity index (χ1n) is 11.2. The highest BCUT2D eigenvalue weighted by atomic mass is 16.5. The maximum atomic E-state index is 13.6. The number of ether oxygens (including phenoxy) is 2. The minimum absolute atomic E-state index is 0.0441. The van der Waals surface area contributed by atoms with Crippen LogP contribution in [0.25, 0.3) is 6.08 Å².